The smallest absolute Gasteiger partial charge is 0.241 e. The van der Waals surface area contributed by atoms with Crippen molar-refractivity contribution in [3.05, 3.63) is 70.5 Å². The maximum atomic E-state index is 13.5. The number of benzene rings is 2. The van der Waals surface area contributed by atoms with Crippen molar-refractivity contribution >= 4 is 40.9 Å². The quantitative estimate of drug-likeness (QED) is 0.479. The fourth-order valence-corrected chi connectivity index (χ4v) is 5.83. The van der Waals surface area contributed by atoms with E-state index in [1.54, 1.807) is 11.0 Å². The zero-order valence-electron chi connectivity index (χ0n) is 18.7. The number of amides is 2. The summed E-state index contributed by atoms with van der Waals surface area (Å²) in [5, 5.41) is 2.75. The number of allylic oxidation sites excluding steroid dienone is 1. The highest BCUT2D eigenvalue weighted by molar-refractivity contribution is 8.01. The molecule has 2 aromatic rings. The third kappa shape index (κ3) is 5.61. The molecule has 2 aromatic carbocycles. The molecule has 0 unspecified atom stereocenters. The minimum absolute atomic E-state index is 0.114. The second-order valence-electron chi connectivity index (χ2n) is 8.60. The van der Waals surface area contributed by atoms with Crippen LogP contribution in [0, 0.1) is 11.7 Å². The number of hydrogen-bond acceptors (Lipinski definition) is 3. The lowest BCUT2D eigenvalue weighted by atomic mass is 9.97. The summed E-state index contributed by atoms with van der Waals surface area (Å²) in [6, 6.07) is 11.8. The van der Waals surface area contributed by atoms with Crippen molar-refractivity contribution in [1.29, 1.82) is 0 Å². The van der Waals surface area contributed by atoms with E-state index in [4.69, 9.17) is 11.6 Å². The Kier molecular flexibility index (Phi) is 7.76. The van der Waals surface area contributed by atoms with Crippen LogP contribution in [0.4, 0.5) is 10.1 Å². The van der Waals surface area contributed by atoms with Crippen LogP contribution < -0.4 is 10.2 Å². The molecule has 1 N–H and O–H groups in total. The molecule has 2 atom stereocenters. The molecule has 2 amide bonds. The van der Waals surface area contributed by atoms with Crippen molar-refractivity contribution in [2.24, 2.45) is 5.92 Å². The topological polar surface area (TPSA) is 49.4 Å². The van der Waals surface area contributed by atoms with Gasteiger partial charge < -0.3 is 10.2 Å². The number of carbonyl (C=O) groups excluding carboxylic acids is 2. The molecule has 0 spiro atoms. The van der Waals surface area contributed by atoms with Gasteiger partial charge in [-0.1, -0.05) is 48.4 Å². The molecule has 0 saturated carbocycles. The van der Waals surface area contributed by atoms with E-state index in [0.29, 0.717) is 12.1 Å². The molecule has 0 radical (unpaired) electrons. The van der Waals surface area contributed by atoms with E-state index in [1.807, 2.05) is 31.2 Å². The van der Waals surface area contributed by atoms with Gasteiger partial charge in [0.1, 0.15) is 11.1 Å². The van der Waals surface area contributed by atoms with Crippen molar-refractivity contribution in [1.82, 2.24) is 5.32 Å². The number of thioether (sulfide) groups is 1. The monoisotopic (exact) mass is 486 g/mol. The lowest BCUT2D eigenvalue weighted by molar-refractivity contribution is -0.128. The lowest BCUT2D eigenvalue weighted by Gasteiger charge is -2.36. The van der Waals surface area contributed by atoms with Crippen molar-refractivity contribution in [2.45, 2.75) is 55.7 Å². The number of rotatable bonds is 7. The van der Waals surface area contributed by atoms with Crippen molar-refractivity contribution in [2.75, 3.05) is 11.4 Å². The summed E-state index contributed by atoms with van der Waals surface area (Å²) < 4.78 is 13.5. The van der Waals surface area contributed by atoms with Gasteiger partial charge in [-0.2, -0.15) is 0 Å². The molecule has 4 rings (SSSR count). The number of hydrogen-bond donors (Lipinski definition) is 1. The Bertz CT molecular complexity index is 1070. The van der Waals surface area contributed by atoms with Crippen molar-refractivity contribution < 1.29 is 14.0 Å². The van der Waals surface area contributed by atoms with Gasteiger partial charge in [0.25, 0.3) is 0 Å². The summed E-state index contributed by atoms with van der Waals surface area (Å²) in [5.74, 6) is -1.17. The number of anilines is 1. The first-order valence-corrected chi connectivity index (χ1v) is 12.7. The third-order valence-electron chi connectivity index (χ3n) is 6.26. The Labute approximate surface area is 203 Å². The first-order chi connectivity index (χ1) is 15.9. The summed E-state index contributed by atoms with van der Waals surface area (Å²) in [4.78, 5) is 29.1. The SMILES string of the molecule is C[C@H](C(=O)NCCC1=CCCCC1)[C@@H]1Sc2ccccc2N(Cc2ccc(F)cc2Cl)C1=O. The van der Waals surface area contributed by atoms with E-state index < -0.39 is 17.0 Å². The maximum Gasteiger partial charge on any atom is 0.241 e. The molecule has 174 valence electrons. The number of fused-ring (bicyclic) bond motifs is 1. The molecule has 1 aliphatic heterocycles. The highest BCUT2D eigenvalue weighted by Crippen LogP contribution is 2.42. The highest BCUT2D eigenvalue weighted by atomic mass is 35.5. The van der Waals surface area contributed by atoms with Crippen LogP contribution in [0.1, 0.15) is 44.6 Å². The second-order valence-corrected chi connectivity index (χ2v) is 10.2. The van der Waals surface area contributed by atoms with Crippen molar-refractivity contribution in [3.63, 3.8) is 0 Å². The molecule has 4 nitrogen and oxygen atoms in total. The Morgan fingerprint density at radius 3 is 2.85 bits per heavy atom. The number of para-hydroxylation sites is 1. The van der Waals surface area contributed by atoms with E-state index in [1.165, 1.54) is 42.3 Å². The predicted molar refractivity (Wildman–Crippen MR) is 132 cm³/mol. The summed E-state index contributed by atoms with van der Waals surface area (Å²) in [6.45, 7) is 2.61. The third-order valence-corrected chi connectivity index (χ3v) is 8.08. The van der Waals surface area contributed by atoms with Crippen LogP contribution in [0.25, 0.3) is 0 Å². The molecule has 7 heteroatoms. The highest BCUT2D eigenvalue weighted by Gasteiger charge is 2.39. The Morgan fingerprint density at radius 1 is 1.27 bits per heavy atom. The molecular weight excluding hydrogens is 459 g/mol. The minimum atomic E-state index is -0.548. The summed E-state index contributed by atoms with van der Waals surface area (Å²) >= 11 is 7.67. The Balaban J connectivity index is 1.48. The van der Waals surface area contributed by atoms with Gasteiger partial charge >= 0.3 is 0 Å². The number of carbonyl (C=O) groups is 2. The molecule has 0 saturated heterocycles. The van der Waals surface area contributed by atoms with E-state index in [9.17, 15) is 14.0 Å². The molecule has 0 aromatic heterocycles. The standard InChI is InChI=1S/C26H28ClFN2O2S/c1-17(25(31)29-14-13-18-7-3-2-4-8-18)24-26(32)30(22-9-5-6-10-23(22)33-24)16-19-11-12-20(28)15-21(19)27/h5-7,9-12,15,17,24H,2-4,8,13-14,16H2,1H3,(H,29,31)/t17-,24-/m0/s1. The van der Waals surface area contributed by atoms with Crippen molar-refractivity contribution in [3.8, 4) is 0 Å². The summed E-state index contributed by atoms with van der Waals surface area (Å²) in [7, 11) is 0. The lowest BCUT2D eigenvalue weighted by Crippen LogP contribution is -2.47. The fraction of sp³-hybridized carbons (Fsp3) is 0.385. The van der Waals surface area contributed by atoms with Crippen LogP contribution in [-0.4, -0.2) is 23.6 Å². The zero-order chi connectivity index (χ0) is 23.4. The van der Waals surface area contributed by atoms with E-state index in [2.05, 4.69) is 11.4 Å². The van der Waals surface area contributed by atoms with Gasteiger partial charge in [-0.05, 0) is 61.9 Å². The molecule has 0 bridgehead atoms. The Morgan fingerprint density at radius 2 is 2.09 bits per heavy atom. The zero-order valence-corrected chi connectivity index (χ0v) is 20.2. The summed E-state index contributed by atoms with van der Waals surface area (Å²) in [6.07, 6.45) is 7.85. The van der Waals surface area contributed by atoms with Gasteiger partial charge in [-0.15, -0.1) is 11.8 Å². The fourth-order valence-electron chi connectivity index (χ4n) is 4.32. The Hall–Kier alpha value is -2.31. The van der Waals surface area contributed by atoms with Gasteiger partial charge in [0.05, 0.1) is 18.2 Å². The van der Waals surface area contributed by atoms with Gasteiger partial charge in [-0.25, -0.2) is 4.39 Å². The molecule has 2 aliphatic rings. The molecule has 1 aliphatic carbocycles. The number of nitrogens with one attached hydrogen (secondary N) is 1. The molecule has 33 heavy (non-hydrogen) atoms. The average Bonchev–Trinajstić information content (AvgIpc) is 2.82. The molecule has 0 fully saturated rings. The molecule has 1 heterocycles. The van der Waals surface area contributed by atoms with Crippen LogP contribution in [0.5, 0.6) is 0 Å². The normalized spacial score (nSPS) is 19.0. The summed E-state index contributed by atoms with van der Waals surface area (Å²) in [5.41, 5.74) is 2.85. The predicted octanol–water partition coefficient (Wildman–Crippen LogP) is 6.13. The van der Waals surface area contributed by atoms with Gasteiger partial charge in [0.2, 0.25) is 11.8 Å². The van der Waals surface area contributed by atoms with Crippen LogP contribution in [-0.2, 0) is 16.1 Å². The average molecular weight is 487 g/mol. The maximum absolute atomic E-state index is 13.5. The first kappa shape index (κ1) is 23.8. The van der Waals surface area contributed by atoms with Crippen LogP contribution in [0.2, 0.25) is 5.02 Å². The minimum Gasteiger partial charge on any atom is -0.356 e. The van der Waals surface area contributed by atoms with Crippen LogP contribution >= 0.6 is 23.4 Å². The van der Waals surface area contributed by atoms with E-state index >= 15 is 0 Å². The van der Waals surface area contributed by atoms with Gasteiger partial charge in [0, 0.05) is 16.5 Å². The largest absolute Gasteiger partial charge is 0.356 e. The molecular formula is C26H28ClFN2O2S. The van der Waals surface area contributed by atoms with E-state index in [-0.39, 0.29) is 23.4 Å². The number of halogens is 2. The van der Waals surface area contributed by atoms with Gasteiger partial charge in [0.15, 0.2) is 0 Å². The van der Waals surface area contributed by atoms with E-state index in [0.717, 1.165) is 29.8 Å². The van der Waals surface area contributed by atoms with Gasteiger partial charge in [-0.3, -0.25) is 9.59 Å². The van der Waals surface area contributed by atoms with Crippen LogP contribution in [0.3, 0.4) is 0 Å². The number of nitrogens with zero attached hydrogens (tertiary/aromatic N) is 1. The first-order valence-electron chi connectivity index (χ1n) is 11.4. The second kappa shape index (κ2) is 10.7. The van der Waals surface area contributed by atoms with Crippen LogP contribution in [0.15, 0.2) is 59.0 Å².